The Labute approximate surface area is 196 Å². The van der Waals surface area contributed by atoms with Gasteiger partial charge >= 0.3 is 0 Å². The van der Waals surface area contributed by atoms with Gasteiger partial charge in [0.25, 0.3) is 5.91 Å². The zero-order valence-electron chi connectivity index (χ0n) is 19.0. The Morgan fingerprint density at radius 3 is 2.32 bits per heavy atom. The minimum atomic E-state index is -0.864. The predicted octanol–water partition coefficient (Wildman–Crippen LogP) is 4.95. The van der Waals surface area contributed by atoms with Crippen molar-refractivity contribution in [2.24, 2.45) is 10.7 Å². The number of hydrogen-bond donors (Lipinski definition) is 1. The van der Waals surface area contributed by atoms with E-state index in [1.807, 2.05) is 0 Å². The van der Waals surface area contributed by atoms with Crippen molar-refractivity contribution >= 4 is 17.5 Å². The number of amides is 1. The molecule has 1 amide bonds. The second-order valence-corrected chi connectivity index (χ2v) is 7.28. The molecule has 0 aliphatic heterocycles. The maximum Gasteiger partial charge on any atom is 0.251 e. The van der Waals surface area contributed by atoms with Gasteiger partial charge in [0.2, 0.25) is 5.90 Å². The van der Waals surface area contributed by atoms with E-state index < -0.39 is 17.5 Å². The van der Waals surface area contributed by atoms with Crippen molar-refractivity contribution in [2.45, 2.75) is 6.61 Å². The fraction of sp³-hybridized carbons (Fsp3) is 0.154. The second-order valence-electron chi connectivity index (χ2n) is 7.28. The molecule has 0 aromatic heterocycles. The molecule has 0 aliphatic rings. The third-order valence-corrected chi connectivity index (χ3v) is 5.10. The Morgan fingerprint density at radius 1 is 0.971 bits per heavy atom. The Morgan fingerprint density at radius 2 is 1.71 bits per heavy atom. The highest BCUT2D eigenvalue weighted by Gasteiger charge is 2.16. The van der Waals surface area contributed by atoms with Crippen LogP contribution in [0.2, 0.25) is 0 Å². The molecule has 3 aromatic carbocycles. The molecule has 34 heavy (non-hydrogen) atoms. The number of carbonyl (C=O) groups excluding carboxylic acids is 1. The molecule has 3 aromatic rings. The predicted molar refractivity (Wildman–Crippen MR) is 127 cm³/mol. The van der Waals surface area contributed by atoms with E-state index in [2.05, 4.69) is 11.6 Å². The topological polar surface area (TPSA) is 83.1 Å². The van der Waals surface area contributed by atoms with Gasteiger partial charge in [0.05, 0.1) is 32.1 Å². The van der Waals surface area contributed by atoms with Gasteiger partial charge in [-0.2, -0.15) is 0 Å². The molecule has 0 unspecified atom stereocenters. The van der Waals surface area contributed by atoms with Gasteiger partial charge in [0.1, 0.15) is 17.4 Å². The molecule has 0 heterocycles. The van der Waals surface area contributed by atoms with E-state index in [0.717, 1.165) is 17.2 Å². The van der Waals surface area contributed by atoms with Crippen LogP contribution in [0.25, 0.3) is 16.8 Å². The number of aliphatic imine (C=N–C) groups is 1. The summed E-state index contributed by atoms with van der Waals surface area (Å²) in [5.41, 5.74) is 8.15. The van der Waals surface area contributed by atoms with Gasteiger partial charge in [0.15, 0.2) is 0 Å². The SMILES string of the molecule is C=C(N=C(OC)c1ccc(-c2cc(F)ccc2OC)c(COC)c1)c1ccc(C(N)=O)c(F)c1. The summed E-state index contributed by atoms with van der Waals surface area (Å²) in [4.78, 5) is 15.7. The van der Waals surface area contributed by atoms with Crippen LogP contribution in [-0.4, -0.2) is 33.1 Å². The van der Waals surface area contributed by atoms with Gasteiger partial charge in [-0.05, 0) is 53.6 Å². The minimum Gasteiger partial charge on any atom is -0.496 e. The van der Waals surface area contributed by atoms with Crippen molar-refractivity contribution < 1.29 is 27.8 Å². The van der Waals surface area contributed by atoms with E-state index in [1.54, 1.807) is 31.4 Å². The van der Waals surface area contributed by atoms with Gasteiger partial charge in [0, 0.05) is 23.8 Å². The highest BCUT2D eigenvalue weighted by molar-refractivity contribution is 5.98. The number of ether oxygens (including phenoxy) is 3. The molecule has 0 bridgehead atoms. The highest BCUT2D eigenvalue weighted by atomic mass is 19.1. The molecule has 0 saturated carbocycles. The van der Waals surface area contributed by atoms with E-state index in [1.165, 1.54) is 38.5 Å². The molecular weight excluding hydrogens is 442 g/mol. The lowest BCUT2D eigenvalue weighted by molar-refractivity contribution is 0.0996. The summed E-state index contributed by atoms with van der Waals surface area (Å²) in [6, 6.07) is 13.5. The van der Waals surface area contributed by atoms with E-state index in [4.69, 9.17) is 19.9 Å². The van der Waals surface area contributed by atoms with Crippen molar-refractivity contribution in [3.8, 4) is 16.9 Å². The quantitative estimate of drug-likeness (QED) is 0.376. The molecule has 0 radical (unpaired) electrons. The first-order valence-electron chi connectivity index (χ1n) is 10.2. The van der Waals surface area contributed by atoms with Crippen LogP contribution in [0.15, 0.2) is 66.2 Å². The number of benzene rings is 3. The van der Waals surface area contributed by atoms with E-state index in [9.17, 15) is 13.6 Å². The smallest absolute Gasteiger partial charge is 0.251 e. The molecule has 0 atom stereocenters. The van der Waals surface area contributed by atoms with Gasteiger partial charge < -0.3 is 19.9 Å². The van der Waals surface area contributed by atoms with Crippen molar-refractivity contribution in [3.63, 3.8) is 0 Å². The highest BCUT2D eigenvalue weighted by Crippen LogP contribution is 2.34. The fourth-order valence-electron chi connectivity index (χ4n) is 3.46. The summed E-state index contributed by atoms with van der Waals surface area (Å²) in [5.74, 6) is -1.29. The molecule has 6 nitrogen and oxygen atoms in total. The van der Waals surface area contributed by atoms with Crippen LogP contribution >= 0.6 is 0 Å². The summed E-state index contributed by atoms with van der Waals surface area (Å²) in [5, 5.41) is 0. The zero-order valence-corrected chi connectivity index (χ0v) is 19.0. The van der Waals surface area contributed by atoms with Gasteiger partial charge in [-0.3, -0.25) is 4.79 Å². The third kappa shape index (κ3) is 5.29. The molecule has 2 N–H and O–H groups in total. The summed E-state index contributed by atoms with van der Waals surface area (Å²) < 4.78 is 44.3. The maximum atomic E-state index is 14.2. The number of nitrogens with two attached hydrogens (primary N) is 1. The summed E-state index contributed by atoms with van der Waals surface area (Å²) >= 11 is 0. The molecule has 0 saturated heterocycles. The first-order chi connectivity index (χ1) is 16.3. The average molecular weight is 466 g/mol. The number of halogens is 2. The van der Waals surface area contributed by atoms with Gasteiger partial charge in [-0.15, -0.1) is 0 Å². The molecule has 8 heteroatoms. The number of carbonyl (C=O) groups is 1. The van der Waals surface area contributed by atoms with Crippen LogP contribution in [0.5, 0.6) is 5.75 Å². The van der Waals surface area contributed by atoms with Crippen LogP contribution in [-0.2, 0) is 16.1 Å². The number of rotatable bonds is 8. The minimum absolute atomic E-state index is 0.218. The Bertz CT molecular complexity index is 1270. The van der Waals surface area contributed by atoms with Crippen LogP contribution in [0.3, 0.4) is 0 Å². The number of hydrogen-bond acceptors (Lipinski definition) is 5. The number of methoxy groups -OCH3 is 3. The Hall–Kier alpha value is -4.04. The summed E-state index contributed by atoms with van der Waals surface area (Å²) in [7, 11) is 4.51. The molecular formula is C26H24F2N2O4. The molecule has 3 rings (SSSR count). The summed E-state index contributed by atoms with van der Waals surface area (Å²) in [6.45, 7) is 4.11. The van der Waals surface area contributed by atoms with Crippen molar-refractivity contribution in [2.75, 3.05) is 21.3 Å². The molecule has 0 fully saturated rings. The van der Waals surface area contributed by atoms with E-state index in [0.29, 0.717) is 22.4 Å². The monoisotopic (exact) mass is 466 g/mol. The number of primary amides is 1. The lowest BCUT2D eigenvalue weighted by Gasteiger charge is -2.15. The first-order valence-corrected chi connectivity index (χ1v) is 10.2. The van der Waals surface area contributed by atoms with Crippen LogP contribution in [0.1, 0.15) is 27.0 Å². The second kappa shape index (κ2) is 10.7. The Balaban J connectivity index is 2.02. The standard InChI is InChI=1S/C26H24F2N2O4/c1-15(16-5-9-21(25(29)31)23(28)12-16)30-26(34-4)17-6-8-20(18(11-17)14-32-2)22-13-19(27)7-10-24(22)33-3/h5-13H,1,14H2,2-4H3,(H2,29,31). The zero-order chi connectivity index (χ0) is 24.8. The van der Waals surface area contributed by atoms with Crippen molar-refractivity contribution in [1.29, 1.82) is 0 Å². The van der Waals surface area contributed by atoms with E-state index >= 15 is 0 Å². The fourth-order valence-corrected chi connectivity index (χ4v) is 3.46. The normalized spacial score (nSPS) is 11.3. The van der Waals surface area contributed by atoms with Crippen LogP contribution in [0.4, 0.5) is 8.78 Å². The average Bonchev–Trinajstić information content (AvgIpc) is 2.82. The third-order valence-electron chi connectivity index (χ3n) is 5.10. The van der Waals surface area contributed by atoms with E-state index in [-0.39, 0.29) is 23.8 Å². The molecule has 176 valence electrons. The van der Waals surface area contributed by atoms with Gasteiger partial charge in [-0.1, -0.05) is 18.7 Å². The maximum absolute atomic E-state index is 14.2. The lowest BCUT2D eigenvalue weighted by atomic mass is 9.96. The van der Waals surface area contributed by atoms with Gasteiger partial charge in [-0.25, -0.2) is 13.8 Å². The first kappa shape index (κ1) is 24.6. The molecule has 0 spiro atoms. The Kier molecular flexibility index (Phi) is 7.75. The van der Waals surface area contributed by atoms with Crippen molar-refractivity contribution in [3.05, 3.63) is 95.1 Å². The molecule has 0 aliphatic carbocycles. The van der Waals surface area contributed by atoms with Crippen LogP contribution < -0.4 is 10.5 Å². The summed E-state index contributed by atoms with van der Waals surface area (Å²) in [6.07, 6.45) is 0. The largest absolute Gasteiger partial charge is 0.496 e. The van der Waals surface area contributed by atoms with Crippen LogP contribution in [0, 0.1) is 11.6 Å². The van der Waals surface area contributed by atoms with Crippen molar-refractivity contribution in [1.82, 2.24) is 0 Å². The number of nitrogens with zero attached hydrogens (tertiary/aromatic N) is 1. The lowest BCUT2D eigenvalue weighted by Crippen LogP contribution is -2.13.